The average Bonchev–Trinajstić information content (AvgIpc) is 2.74. The summed E-state index contributed by atoms with van der Waals surface area (Å²) in [5, 5.41) is 10.1. The normalized spacial score (nSPS) is 41.2. The molecule has 2 rings (SSSR count). The minimum Gasteiger partial charge on any atom is -0.393 e. The second kappa shape index (κ2) is 3.69. The molecule has 1 N–H and O–H groups in total. The molecule has 4 unspecified atom stereocenters. The third kappa shape index (κ3) is 1.52. The summed E-state index contributed by atoms with van der Waals surface area (Å²) in [6, 6.07) is 0. The summed E-state index contributed by atoms with van der Waals surface area (Å²) in [6.45, 7) is 6.42. The minimum atomic E-state index is -0.0663. The summed E-state index contributed by atoms with van der Waals surface area (Å²) in [5.41, 5.74) is 1.65. The van der Waals surface area contributed by atoms with E-state index in [1.165, 1.54) is 19.3 Å². The van der Waals surface area contributed by atoms with Gasteiger partial charge < -0.3 is 5.11 Å². The van der Waals surface area contributed by atoms with Crippen LogP contribution in [0.15, 0.2) is 11.6 Å². The fourth-order valence-electron chi connectivity index (χ4n) is 3.43. The highest BCUT2D eigenvalue weighted by molar-refractivity contribution is 5.18. The van der Waals surface area contributed by atoms with Gasteiger partial charge in [-0.3, -0.25) is 0 Å². The summed E-state index contributed by atoms with van der Waals surface area (Å²) >= 11 is 0. The third-order valence-corrected chi connectivity index (χ3v) is 4.26. The molecule has 0 amide bonds. The Bertz CT molecular complexity index is 242. The zero-order valence-electron chi connectivity index (χ0n) is 9.53. The van der Waals surface area contributed by atoms with Crippen molar-refractivity contribution in [3.63, 3.8) is 0 Å². The van der Waals surface area contributed by atoms with Gasteiger partial charge in [0.25, 0.3) is 0 Å². The maximum atomic E-state index is 10.1. The molecule has 14 heavy (non-hydrogen) atoms. The standard InChI is InChI=1S/C13H22O/c1-4-9-5-11-6-10(9)7-12(11)13(14)8(2)3/h4,8,10-14H,5-7H2,1-3H3/b9-4+. The predicted octanol–water partition coefficient (Wildman–Crippen LogP) is 3.00. The monoisotopic (exact) mass is 194 g/mol. The predicted molar refractivity (Wildman–Crippen MR) is 58.9 cm³/mol. The van der Waals surface area contributed by atoms with Crippen LogP contribution in [0.3, 0.4) is 0 Å². The molecular weight excluding hydrogens is 172 g/mol. The topological polar surface area (TPSA) is 20.2 Å². The van der Waals surface area contributed by atoms with Gasteiger partial charge in [-0.15, -0.1) is 0 Å². The largest absolute Gasteiger partial charge is 0.393 e. The second-order valence-corrected chi connectivity index (χ2v) is 5.39. The van der Waals surface area contributed by atoms with E-state index in [-0.39, 0.29) is 6.10 Å². The number of fused-ring (bicyclic) bond motifs is 2. The molecule has 0 heterocycles. The van der Waals surface area contributed by atoms with Gasteiger partial charge in [-0.1, -0.05) is 25.5 Å². The van der Waals surface area contributed by atoms with Crippen LogP contribution in [0.5, 0.6) is 0 Å². The Labute approximate surface area is 87.2 Å². The zero-order chi connectivity index (χ0) is 10.3. The Balaban J connectivity index is 2.03. The van der Waals surface area contributed by atoms with Crippen molar-refractivity contribution in [2.75, 3.05) is 0 Å². The molecule has 0 aromatic heterocycles. The van der Waals surface area contributed by atoms with Crippen LogP contribution in [0.2, 0.25) is 0 Å². The van der Waals surface area contributed by atoms with Crippen LogP contribution >= 0.6 is 0 Å². The molecule has 2 aliphatic carbocycles. The van der Waals surface area contributed by atoms with Crippen molar-refractivity contribution >= 4 is 0 Å². The van der Waals surface area contributed by atoms with E-state index in [0.29, 0.717) is 11.8 Å². The smallest absolute Gasteiger partial charge is 0.0594 e. The summed E-state index contributed by atoms with van der Waals surface area (Å²) in [5.74, 6) is 2.60. The molecule has 2 fully saturated rings. The molecule has 0 saturated heterocycles. The fraction of sp³-hybridized carbons (Fsp3) is 0.846. The lowest BCUT2D eigenvalue weighted by atomic mass is 9.79. The lowest BCUT2D eigenvalue weighted by molar-refractivity contribution is 0.0422. The van der Waals surface area contributed by atoms with E-state index in [1.54, 1.807) is 5.57 Å². The highest BCUT2D eigenvalue weighted by Gasteiger charge is 2.45. The number of rotatable bonds is 2. The van der Waals surface area contributed by atoms with Crippen LogP contribution < -0.4 is 0 Å². The lowest BCUT2D eigenvalue weighted by Gasteiger charge is -2.30. The minimum absolute atomic E-state index is 0.0663. The Hall–Kier alpha value is -0.300. The van der Waals surface area contributed by atoms with Gasteiger partial charge in [0.05, 0.1) is 6.10 Å². The number of hydrogen-bond acceptors (Lipinski definition) is 1. The van der Waals surface area contributed by atoms with Gasteiger partial charge in [0.2, 0.25) is 0 Å². The molecule has 2 bridgehead atoms. The van der Waals surface area contributed by atoms with Crippen molar-refractivity contribution in [1.82, 2.24) is 0 Å². The maximum absolute atomic E-state index is 10.1. The van der Waals surface area contributed by atoms with Crippen molar-refractivity contribution in [2.45, 2.75) is 46.1 Å². The van der Waals surface area contributed by atoms with E-state index in [2.05, 4.69) is 26.8 Å². The van der Waals surface area contributed by atoms with Crippen LogP contribution in [0.1, 0.15) is 40.0 Å². The third-order valence-electron chi connectivity index (χ3n) is 4.26. The fourth-order valence-corrected chi connectivity index (χ4v) is 3.43. The van der Waals surface area contributed by atoms with E-state index in [0.717, 1.165) is 11.8 Å². The summed E-state index contributed by atoms with van der Waals surface area (Å²) in [6.07, 6.45) is 6.07. The molecule has 0 radical (unpaired) electrons. The SMILES string of the molecule is C/C=C1\CC2CC1CC2C(O)C(C)C. The van der Waals surface area contributed by atoms with E-state index in [1.807, 2.05) is 0 Å². The number of allylic oxidation sites excluding steroid dienone is 2. The van der Waals surface area contributed by atoms with Gasteiger partial charge in [-0.05, 0) is 49.9 Å². The van der Waals surface area contributed by atoms with E-state index in [4.69, 9.17) is 0 Å². The molecule has 1 heteroatoms. The Kier molecular flexibility index (Phi) is 2.70. The molecule has 0 aromatic carbocycles. The number of hydrogen-bond donors (Lipinski definition) is 1. The van der Waals surface area contributed by atoms with Crippen molar-refractivity contribution in [1.29, 1.82) is 0 Å². The first-order valence-electron chi connectivity index (χ1n) is 5.96. The molecule has 0 aromatic rings. The van der Waals surface area contributed by atoms with Crippen LogP contribution in [-0.4, -0.2) is 11.2 Å². The van der Waals surface area contributed by atoms with Gasteiger partial charge in [0.15, 0.2) is 0 Å². The number of aliphatic hydroxyl groups excluding tert-OH is 1. The molecule has 4 atom stereocenters. The average molecular weight is 194 g/mol. The van der Waals surface area contributed by atoms with Gasteiger partial charge in [0, 0.05) is 0 Å². The summed E-state index contributed by atoms with van der Waals surface area (Å²) < 4.78 is 0. The molecule has 1 nitrogen and oxygen atoms in total. The molecule has 2 aliphatic rings. The Morgan fingerprint density at radius 3 is 2.50 bits per heavy atom. The zero-order valence-corrected chi connectivity index (χ0v) is 9.53. The Morgan fingerprint density at radius 2 is 2.07 bits per heavy atom. The number of aliphatic hydroxyl groups is 1. The van der Waals surface area contributed by atoms with E-state index in [9.17, 15) is 5.11 Å². The molecule has 2 saturated carbocycles. The molecule has 0 spiro atoms. The van der Waals surface area contributed by atoms with E-state index >= 15 is 0 Å². The van der Waals surface area contributed by atoms with Crippen LogP contribution in [0.4, 0.5) is 0 Å². The molecule has 80 valence electrons. The second-order valence-electron chi connectivity index (χ2n) is 5.39. The van der Waals surface area contributed by atoms with Gasteiger partial charge in [-0.25, -0.2) is 0 Å². The van der Waals surface area contributed by atoms with Gasteiger partial charge >= 0.3 is 0 Å². The lowest BCUT2D eigenvalue weighted by Crippen LogP contribution is -2.30. The summed E-state index contributed by atoms with van der Waals surface area (Å²) in [7, 11) is 0. The van der Waals surface area contributed by atoms with Gasteiger partial charge in [0.1, 0.15) is 0 Å². The highest BCUT2D eigenvalue weighted by atomic mass is 16.3. The molecular formula is C13H22O. The first-order valence-corrected chi connectivity index (χ1v) is 5.96. The quantitative estimate of drug-likeness (QED) is 0.670. The summed E-state index contributed by atoms with van der Waals surface area (Å²) in [4.78, 5) is 0. The molecule has 0 aliphatic heterocycles. The highest BCUT2D eigenvalue weighted by Crippen LogP contribution is 2.53. The van der Waals surface area contributed by atoms with Crippen molar-refractivity contribution in [2.24, 2.45) is 23.7 Å². The Morgan fingerprint density at radius 1 is 1.36 bits per heavy atom. The first kappa shape index (κ1) is 10.2. The van der Waals surface area contributed by atoms with Crippen molar-refractivity contribution < 1.29 is 5.11 Å². The van der Waals surface area contributed by atoms with Crippen molar-refractivity contribution in [3.8, 4) is 0 Å². The van der Waals surface area contributed by atoms with Crippen molar-refractivity contribution in [3.05, 3.63) is 11.6 Å². The maximum Gasteiger partial charge on any atom is 0.0594 e. The van der Waals surface area contributed by atoms with Crippen LogP contribution in [-0.2, 0) is 0 Å². The van der Waals surface area contributed by atoms with E-state index < -0.39 is 0 Å². The first-order chi connectivity index (χ1) is 6.63. The van der Waals surface area contributed by atoms with Crippen LogP contribution in [0.25, 0.3) is 0 Å². The van der Waals surface area contributed by atoms with Gasteiger partial charge in [-0.2, -0.15) is 0 Å². The van der Waals surface area contributed by atoms with Crippen LogP contribution in [0, 0.1) is 23.7 Å².